The summed E-state index contributed by atoms with van der Waals surface area (Å²) in [5, 5.41) is 0. The third-order valence-electron chi connectivity index (χ3n) is 2.29. The first kappa shape index (κ1) is 8.84. The van der Waals surface area contributed by atoms with Gasteiger partial charge in [-0.15, -0.1) is 0 Å². The average Bonchev–Trinajstić information content (AvgIpc) is 2.34. The van der Waals surface area contributed by atoms with Crippen LogP contribution in [0.2, 0.25) is 0 Å². The van der Waals surface area contributed by atoms with Crippen molar-refractivity contribution < 1.29 is 13.2 Å². The molecule has 1 aliphatic rings. The van der Waals surface area contributed by atoms with E-state index >= 15 is 0 Å². The number of hydrogen-bond acceptors (Lipinski definition) is 1. The zero-order valence-electron chi connectivity index (χ0n) is 6.19. The highest BCUT2D eigenvalue weighted by Gasteiger charge is 2.42. The molecule has 1 rings (SSSR count). The standard InChI is InChI=1S/C7H12F3N/c8-7(9,10)6(11)5-3-1-2-4-5/h5-6H,1-4,11H2/t6-/m0/s1. The molecule has 4 heteroatoms. The predicted octanol–water partition coefficient (Wildman–Crippen LogP) is 2.07. The molecule has 0 heterocycles. The Kier molecular flexibility index (Phi) is 2.42. The van der Waals surface area contributed by atoms with E-state index < -0.39 is 12.2 Å². The fourth-order valence-corrected chi connectivity index (χ4v) is 1.58. The van der Waals surface area contributed by atoms with Crippen LogP contribution in [0.3, 0.4) is 0 Å². The largest absolute Gasteiger partial charge is 0.403 e. The van der Waals surface area contributed by atoms with Crippen LogP contribution in [0.15, 0.2) is 0 Å². The van der Waals surface area contributed by atoms with Gasteiger partial charge in [-0.1, -0.05) is 12.8 Å². The Bertz CT molecular complexity index is 126. The SMILES string of the molecule is N[C@@H](C1CCCC1)C(F)(F)F. The molecule has 0 aliphatic heterocycles. The minimum absolute atomic E-state index is 0.324. The minimum Gasteiger partial charge on any atom is -0.320 e. The van der Waals surface area contributed by atoms with E-state index in [1.807, 2.05) is 0 Å². The highest BCUT2D eigenvalue weighted by Crippen LogP contribution is 2.34. The second-order valence-corrected chi connectivity index (χ2v) is 3.11. The topological polar surface area (TPSA) is 26.0 Å². The molecule has 1 nitrogen and oxygen atoms in total. The van der Waals surface area contributed by atoms with Gasteiger partial charge in [0.25, 0.3) is 0 Å². The van der Waals surface area contributed by atoms with Gasteiger partial charge in [0.2, 0.25) is 0 Å². The molecule has 0 bridgehead atoms. The van der Waals surface area contributed by atoms with Crippen LogP contribution in [0.25, 0.3) is 0 Å². The summed E-state index contributed by atoms with van der Waals surface area (Å²) in [6, 6.07) is -1.59. The van der Waals surface area contributed by atoms with Crippen LogP contribution >= 0.6 is 0 Å². The summed E-state index contributed by atoms with van der Waals surface area (Å²) in [6.07, 6.45) is -1.13. The lowest BCUT2D eigenvalue weighted by Crippen LogP contribution is -2.42. The molecule has 66 valence electrons. The first-order valence-corrected chi connectivity index (χ1v) is 3.84. The molecule has 0 saturated heterocycles. The molecule has 0 spiro atoms. The number of hydrogen-bond donors (Lipinski definition) is 1. The molecule has 2 N–H and O–H groups in total. The van der Waals surface area contributed by atoms with Crippen LogP contribution in [-0.2, 0) is 0 Å². The lowest BCUT2D eigenvalue weighted by atomic mass is 9.99. The van der Waals surface area contributed by atoms with Gasteiger partial charge in [0.15, 0.2) is 0 Å². The third kappa shape index (κ3) is 2.09. The van der Waals surface area contributed by atoms with Gasteiger partial charge in [-0.2, -0.15) is 13.2 Å². The first-order valence-electron chi connectivity index (χ1n) is 3.84. The van der Waals surface area contributed by atoms with Crippen molar-refractivity contribution in [2.24, 2.45) is 11.7 Å². The predicted molar refractivity (Wildman–Crippen MR) is 36.0 cm³/mol. The zero-order chi connectivity index (χ0) is 8.48. The summed E-state index contributed by atoms with van der Waals surface area (Å²) in [7, 11) is 0. The minimum atomic E-state index is -4.20. The second kappa shape index (κ2) is 3.01. The Morgan fingerprint density at radius 2 is 1.64 bits per heavy atom. The van der Waals surface area contributed by atoms with Crippen molar-refractivity contribution in [2.75, 3.05) is 0 Å². The van der Waals surface area contributed by atoms with E-state index in [0.29, 0.717) is 12.8 Å². The number of rotatable bonds is 1. The van der Waals surface area contributed by atoms with E-state index in [-0.39, 0.29) is 5.92 Å². The molecule has 1 atom stereocenters. The van der Waals surface area contributed by atoms with Crippen LogP contribution in [0.5, 0.6) is 0 Å². The lowest BCUT2D eigenvalue weighted by molar-refractivity contribution is -0.158. The van der Waals surface area contributed by atoms with Crippen LogP contribution in [-0.4, -0.2) is 12.2 Å². The number of halogens is 3. The zero-order valence-corrected chi connectivity index (χ0v) is 6.19. The summed E-state index contributed by atoms with van der Waals surface area (Å²) in [5.74, 6) is -0.324. The molecule has 0 aromatic carbocycles. The Morgan fingerprint density at radius 3 is 2.00 bits per heavy atom. The van der Waals surface area contributed by atoms with Crippen molar-refractivity contribution in [3.8, 4) is 0 Å². The normalized spacial score (nSPS) is 24.0. The summed E-state index contributed by atoms with van der Waals surface area (Å²) >= 11 is 0. The number of nitrogens with two attached hydrogens (primary N) is 1. The van der Waals surface area contributed by atoms with Gasteiger partial charge < -0.3 is 5.73 Å². The highest BCUT2D eigenvalue weighted by atomic mass is 19.4. The summed E-state index contributed by atoms with van der Waals surface area (Å²) < 4.78 is 35.9. The molecule has 0 aromatic heterocycles. The first-order chi connectivity index (χ1) is 5.02. The fourth-order valence-electron chi connectivity index (χ4n) is 1.58. The van der Waals surface area contributed by atoms with E-state index in [1.165, 1.54) is 0 Å². The van der Waals surface area contributed by atoms with Crippen LogP contribution in [0, 0.1) is 5.92 Å². The van der Waals surface area contributed by atoms with Gasteiger partial charge in [0.1, 0.15) is 6.04 Å². The van der Waals surface area contributed by atoms with Crippen LogP contribution in [0.1, 0.15) is 25.7 Å². The summed E-state index contributed by atoms with van der Waals surface area (Å²) in [5.41, 5.74) is 5.03. The molecular weight excluding hydrogens is 155 g/mol. The van der Waals surface area contributed by atoms with Crippen molar-refractivity contribution in [3.05, 3.63) is 0 Å². The lowest BCUT2D eigenvalue weighted by Gasteiger charge is -2.21. The van der Waals surface area contributed by atoms with Gasteiger partial charge in [0.05, 0.1) is 0 Å². The average molecular weight is 167 g/mol. The Hall–Kier alpha value is -0.250. The molecule has 0 aromatic rings. The van der Waals surface area contributed by atoms with E-state index in [4.69, 9.17) is 5.73 Å². The Labute approximate surface area is 63.8 Å². The van der Waals surface area contributed by atoms with Crippen molar-refractivity contribution >= 4 is 0 Å². The second-order valence-electron chi connectivity index (χ2n) is 3.11. The highest BCUT2D eigenvalue weighted by molar-refractivity contribution is 4.82. The van der Waals surface area contributed by atoms with Gasteiger partial charge in [-0.05, 0) is 18.8 Å². The van der Waals surface area contributed by atoms with E-state index in [0.717, 1.165) is 12.8 Å². The Balaban J connectivity index is 2.46. The summed E-state index contributed by atoms with van der Waals surface area (Å²) in [4.78, 5) is 0. The van der Waals surface area contributed by atoms with Crippen molar-refractivity contribution in [1.29, 1.82) is 0 Å². The smallest absolute Gasteiger partial charge is 0.320 e. The van der Waals surface area contributed by atoms with E-state index in [1.54, 1.807) is 0 Å². The fraction of sp³-hybridized carbons (Fsp3) is 1.00. The van der Waals surface area contributed by atoms with Crippen molar-refractivity contribution in [2.45, 2.75) is 37.9 Å². The third-order valence-corrected chi connectivity index (χ3v) is 2.29. The maximum atomic E-state index is 12.0. The van der Waals surface area contributed by atoms with Gasteiger partial charge >= 0.3 is 6.18 Å². The van der Waals surface area contributed by atoms with E-state index in [2.05, 4.69) is 0 Å². The summed E-state index contributed by atoms with van der Waals surface area (Å²) in [6.45, 7) is 0. The molecule has 1 fully saturated rings. The Morgan fingerprint density at radius 1 is 1.18 bits per heavy atom. The molecule has 11 heavy (non-hydrogen) atoms. The number of alkyl halides is 3. The van der Waals surface area contributed by atoms with Gasteiger partial charge in [-0.3, -0.25) is 0 Å². The maximum Gasteiger partial charge on any atom is 0.403 e. The molecule has 0 unspecified atom stereocenters. The molecule has 0 radical (unpaired) electrons. The van der Waals surface area contributed by atoms with Crippen molar-refractivity contribution in [3.63, 3.8) is 0 Å². The molecule has 0 amide bonds. The van der Waals surface area contributed by atoms with Crippen LogP contribution in [0.4, 0.5) is 13.2 Å². The van der Waals surface area contributed by atoms with Crippen LogP contribution < -0.4 is 5.73 Å². The molecule has 1 aliphatic carbocycles. The quantitative estimate of drug-likeness (QED) is 0.635. The monoisotopic (exact) mass is 167 g/mol. The molecule has 1 saturated carbocycles. The van der Waals surface area contributed by atoms with Gasteiger partial charge in [0, 0.05) is 0 Å². The maximum absolute atomic E-state index is 12.0. The van der Waals surface area contributed by atoms with Gasteiger partial charge in [-0.25, -0.2) is 0 Å². The van der Waals surface area contributed by atoms with Crippen molar-refractivity contribution in [1.82, 2.24) is 0 Å². The molecular formula is C7H12F3N. The van der Waals surface area contributed by atoms with E-state index in [9.17, 15) is 13.2 Å².